The van der Waals surface area contributed by atoms with Gasteiger partial charge in [0.25, 0.3) is 17.7 Å². The quantitative estimate of drug-likeness (QED) is 0.225. The van der Waals surface area contributed by atoms with Gasteiger partial charge in [-0.2, -0.15) is 0 Å². The monoisotopic (exact) mass is 667 g/mol. The zero-order chi connectivity index (χ0) is 33.5. The molecule has 1 aliphatic rings. The molecule has 3 amide bonds. The molecule has 2 unspecified atom stereocenters. The first-order valence-electron chi connectivity index (χ1n) is 13.5. The lowest BCUT2D eigenvalue weighted by Crippen LogP contribution is -2.55. The van der Waals surface area contributed by atoms with Crippen LogP contribution >= 0.6 is 23.2 Å². The van der Waals surface area contributed by atoms with E-state index in [4.69, 9.17) is 33.0 Å². The third kappa shape index (κ3) is 6.68. The summed E-state index contributed by atoms with van der Waals surface area (Å²) in [5.74, 6) is -6.10. The second-order valence-corrected chi connectivity index (χ2v) is 12.5. The Kier molecular flexibility index (Phi) is 9.35. The highest BCUT2D eigenvalue weighted by Gasteiger charge is 2.60. The first kappa shape index (κ1) is 33.9. The van der Waals surface area contributed by atoms with Crippen LogP contribution in [0.5, 0.6) is 5.75 Å². The van der Waals surface area contributed by atoms with Gasteiger partial charge in [-0.25, -0.2) is 18.0 Å². The molecule has 2 atom stereocenters. The van der Waals surface area contributed by atoms with Crippen LogP contribution in [0.1, 0.15) is 53.5 Å². The number of hydrogen-bond donors (Lipinski definition) is 4. The Morgan fingerprint density at radius 3 is 2.38 bits per heavy atom. The minimum Gasteiger partial charge on any atom is -0.495 e. The molecule has 1 heterocycles. The van der Waals surface area contributed by atoms with Crippen LogP contribution in [0.25, 0.3) is 0 Å². The Balaban J connectivity index is 1.83. The summed E-state index contributed by atoms with van der Waals surface area (Å²) in [4.78, 5) is 39.6. The number of ether oxygens (including phenoxy) is 1. The fraction of sp³-hybridized carbons (Fsp3) is 0.323. The van der Waals surface area contributed by atoms with Gasteiger partial charge in [0.05, 0.1) is 35.6 Å². The number of nitrogens with one attached hydrogen (secondary N) is 2. The van der Waals surface area contributed by atoms with Crippen molar-refractivity contribution in [2.24, 2.45) is 5.41 Å². The maximum absolute atomic E-state index is 16.1. The summed E-state index contributed by atoms with van der Waals surface area (Å²) < 4.78 is 51.4. The van der Waals surface area contributed by atoms with Gasteiger partial charge in [0.1, 0.15) is 11.6 Å². The van der Waals surface area contributed by atoms with Gasteiger partial charge in [0, 0.05) is 28.6 Å². The summed E-state index contributed by atoms with van der Waals surface area (Å²) in [6.45, 7) is 3.87. The smallest absolute Gasteiger partial charge is 0.404 e. The van der Waals surface area contributed by atoms with Crippen LogP contribution in [0.2, 0.25) is 10.0 Å². The van der Waals surface area contributed by atoms with Crippen LogP contribution in [-0.4, -0.2) is 53.7 Å². The molecule has 0 spiro atoms. The van der Waals surface area contributed by atoms with Gasteiger partial charge in [-0.05, 0) is 60.0 Å². The average molecular weight is 668 g/mol. The second kappa shape index (κ2) is 12.4. The summed E-state index contributed by atoms with van der Waals surface area (Å²) in [7, 11) is 1.28. The normalized spacial score (nSPS) is 19.2. The number of rotatable bonds is 6. The highest BCUT2D eigenvalue weighted by Crippen LogP contribution is 2.52. The van der Waals surface area contributed by atoms with E-state index in [1.807, 2.05) is 5.32 Å². The van der Waals surface area contributed by atoms with Gasteiger partial charge in [0.15, 0.2) is 5.60 Å². The number of aliphatic hydroxyl groups is 1. The van der Waals surface area contributed by atoms with Gasteiger partial charge in [-0.15, -0.1) is 0 Å². The van der Waals surface area contributed by atoms with E-state index in [2.05, 4.69) is 5.32 Å². The Morgan fingerprint density at radius 1 is 1.07 bits per heavy atom. The average Bonchev–Trinajstić information content (AvgIpc) is 3.03. The number of alkyl halides is 2. The van der Waals surface area contributed by atoms with E-state index in [1.54, 1.807) is 20.8 Å². The molecule has 0 bridgehead atoms. The minimum absolute atomic E-state index is 0.00290. The van der Waals surface area contributed by atoms with E-state index in [9.17, 15) is 23.9 Å². The summed E-state index contributed by atoms with van der Waals surface area (Å²) in [6.07, 6.45) is -2.67. The molecular formula is C31H30Cl2F3N3O6. The molecular weight excluding hydrogens is 638 g/mol. The third-order valence-electron chi connectivity index (χ3n) is 7.61. The molecule has 45 heavy (non-hydrogen) atoms. The van der Waals surface area contributed by atoms with Crippen molar-refractivity contribution in [3.63, 3.8) is 0 Å². The number of carboxylic acid groups (broad SMARTS) is 1. The Bertz CT molecular complexity index is 1670. The fourth-order valence-corrected chi connectivity index (χ4v) is 5.59. The molecule has 0 saturated carbocycles. The molecule has 0 aromatic heterocycles. The number of carbonyl (C=O) groups is 3. The Morgan fingerprint density at radius 2 is 1.76 bits per heavy atom. The highest BCUT2D eigenvalue weighted by atomic mass is 35.5. The first-order chi connectivity index (χ1) is 20.9. The van der Waals surface area contributed by atoms with Crippen molar-refractivity contribution in [3.8, 4) is 5.75 Å². The van der Waals surface area contributed by atoms with Gasteiger partial charge < -0.3 is 30.5 Å². The predicted octanol–water partition coefficient (Wildman–Crippen LogP) is 6.95. The topological polar surface area (TPSA) is 128 Å². The molecule has 0 fully saturated rings. The maximum atomic E-state index is 16.1. The zero-order valence-corrected chi connectivity index (χ0v) is 26.1. The second-order valence-electron chi connectivity index (χ2n) is 11.6. The van der Waals surface area contributed by atoms with Crippen molar-refractivity contribution in [2.75, 3.05) is 23.9 Å². The lowest BCUT2D eigenvalue weighted by atomic mass is 9.79. The number of halogens is 5. The minimum atomic E-state index is -3.94. The number of methoxy groups -OCH3 is 1. The lowest BCUT2D eigenvalue weighted by Gasteiger charge is -2.40. The summed E-state index contributed by atoms with van der Waals surface area (Å²) in [5.41, 5.74) is -4.67. The van der Waals surface area contributed by atoms with Crippen molar-refractivity contribution in [1.29, 1.82) is 0 Å². The van der Waals surface area contributed by atoms with Gasteiger partial charge >= 0.3 is 6.09 Å². The molecule has 9 nitrogen and oxygen atoms in total. The molecule has 4 rings (SSSR count). The third-order valence-corrected chi connectivity index (χ3v) is 8.18. The van der Waals surface area contributed by atoms with E-state index >= 15 is 8.78 Å². The predicted molar refractivity (Wildman–Crippen MR) is 163 cm³/mol. The number of amides is 3. The Hall–Kier alpha value is -4.00. The van der Waals surface area contributed by atoms with E-state index < -0.39 is 65.2 Å². The lowest BCUT2D eigenvalue weighted by molar-refractivity contribution is -0.190. The SMILES string of the molecule is COc1cc(C(=O)N2c3ccc(Cl)cc3C(O)(CNC(=O)O)C(F)(F)CC2C(C)(C)C)ccc1NC(=O)c1cc(F)ccc1Cl. The van der Waals surface area contributed by atoms with E-state index in [0.717, 1.165) is 23.1 Å². The van der Waals surface area contributed by atoms with Crippen LogP contribution in [0, 0.1) is 11.2 Å². The molecule has 4 N–H and O–H groups in total. The van der Waals surface area contributed by atoms with E-state index in [1.165, 1.54) is 43.5 Å². The Labute approximate surface area is 266 Å². The highest BCUT2D eigenvalue weighted by molar-refractivity contribution is 6.34. The van der Waals surface area contributed by atoms with Crippen molar-refractivity contribution >= 4 is 52.5 Å². The maximum Gasteiger partial charge on any atom is 0.404 e. The number of fused-ring (bicyclic) bond motifs is 1. The number of benzene rings is 3. The van der Waals surface area contributed by atoms with Crippen LogP contribution in [0.15, 0.2) is 54.6 Å². The largest absolute Gasteiger partial charge is 0.495 e. The van der Waals surface area contributed by atoms with Crippen LogP contribution in [-0.2, 0) is 5.60 Å². The van der Waals surface area contributed by atoms with Crippen molar-refractivity contribution in [2.45, 2.75) is 44.8 Å². The molecule has 0 aliphatic carbocycles. The van der Waals surface area contributed by atoms with Crippen LogP contribution in [0.4, 0.5) is 29.3 Å². The number of carbonyl (C=O) groups excluding carboxylic acids is 2. The molecule has 3 aromatic rings. The van der Waals surface area contributed by atoms with Crippen molar-refractivity contribution in [3.05, 3.63) is 87.2 Å². The van der Waals surface area contributed by atoms with Crippen LogP contribution < -0.4 is 20.3 Å². The zero-order valence-electron chi connectivity index (χ0n) is 24.6. The number of anilines is 2. The summed E-state index contributed by atoms with van der Waals surface area (Å²) in [5, 5.41) is 25.1. The molecule has 3 aromatic carbocycles. The molecule has 0 saturated heterocycles. The number of hydrogen-bond acceptors (Lipinski definition) is 5. The molecule has 1 aliphatic heterocycles. The number of nitrogens with zero attached hydrogens (tertiary/aromatic N) is 1. The van der Waals surface area contributed by atoms with E-state index in [0.29, 0.717) is 0 Å². The van der Waals surface area contributed by atoms with Gasteiger partial charge in [-0.3, -0.25) is 9.59 Å². The van der Waals surface area contributed by atoms with Gasteiger partial charge in [-0.1, -0.05) is 44.0 Å². The molecule has 240 valence electrons. The van der Waals surface area contributed by atoms with Crippen LogP contribution in [0.3, 0.4) is 0 Å². The van der Waals surface area contributed by atoms with Crippen molar-refractivity contribution < 1.29 is 42.5 Å². The first-order valence-corrected chi connectivity index (χ1v) is 14.3. The molecule has 14 heteroatoms. The summed E-state index contributed by atoms with van der Waals surface area (Å²) >= 11 is 12.2. The van der Waals surface area contributed by atoms with Crippen molar-refractivity contribution in [1.82, 2.24) is 5.32 Å². The van der Waals surface area contributed by atoms with Gasteiger partial charge in [0.2, 0.25) is 0 Å². The molecule has 0 radical (unpaired) electrons. The standard InChI is InChI=1S/C31H30Cl2F3N3O6/c1-29(2,3)25-14-31(35,36)30(44,15-37-28(42)43)20-12-17(32)6-10-23(20)39(25)27(41)16-5-9-22(24(11-16)45-4)38-26(40)19-13-18(34)7-8-21(19)33/h5-13,25,37,44H,14-15H2,1-4H3,(H,38,40)(H,42,43). The van der Waals surface area contributed by atoms with E-state index in [-0.39, 0.29) is 38.3 Å². The fourth-order valence-electron chi connectivity index (χ4n) is 5.22. The summed E-state index contributed by atoms with van der Waals surface area (Å²) in [6, 6.07) is 9.81.